The molecule has 0 amide bonds. The normalized spacial score (nSPS) is 11.8. The lowest BCUT2D eigenvalue weighted by Gasteiger charge is -2.20. The Morgan fingerprint density at radius 2 is 1.75 bits per heavy atom. The zero-order valence-electron chi connectivity index (χ0n) is 11.8. The smallest absolute Gasteiger partial charge is 0.150 e. The number of hydrogen-bond donors (Lipinski definition) is 0. The van der Waals surface area contributed by atoms with Crippen LogP contribution in [-0.2, 0) is 0 Å². The molecule has 0 bridgehead atoms. The highest BCUT2D eigenvalue weighted by atomic mass is 16.5. The molecule has 0 saturated heterocycles. The van der Waals surface area contributed by atoms with E-state index < -0.39 is 0 Å². The van der Waals surface area contributed by atoms with Crippen molar-refractivity contribution in [2.24, 2.45) is 0 Å². The molecule has 20 heavy (non-hydrogen) atoms. The summed E-state index contributed by atoms with van der Waals surface area (Å²) in [6, 6.07) is 17.4. The predicted octanol–water partition coefficient (Wildman–Crippen LogP) is 4.81. The molecule has 0 radical (unpaired) electrons. The van der Waals surface area contributed by atoms with Gasteiger partial charge in [0.25, 0.3) is 0 Å². The van der Waals surface area contributed by atoms with Crippen molar-refractivity contribution in [1.82, 2.24) is 0 Å². The van der Waals surface area contributed by atoms with Gasteiger partial charge in [-0.2, -0.15) is 0 Å². The molecule has 2 heteroatoms. The number of unbranched alkanes of at least 4 members (excludes halogenated alkanes) is 1. The average molecular weight is 268 g/mol. The summed E-state index contributed by atoms with van der Waals surface area (Å²) in [5.74, 6) is 0.842. The number of benzene rings is 2. The number of ether oxygens (including phenoxy) is 1. The summed E-state index contributed by atoms with van der Waals surface area (Å²) < 4.78 is 6.09. The van der Waals surface area contributed by atoms with Crippen molar-refractivity contribution in [1.29, 1.82) is 0 Å². The van der Waals surface area contributed by atoms with Crippen molar-refractivity contribution in [2.45, 2.75) is 32.3 Å². The Labute approximate surface area is 120 Å². The summed E-state index contributed by atoms with van der Waals surface area (Å²) in [6.45, 7) is 2.16. The van der Waals surface area contributed by atoms with Crippen molar-refractivity contribution < 1.29 is 9.53 Å². The van der Waals surface area contributed by atoms with Crippen molar-refractivity contribution in [3.63, 3.8) is 0 Å². The summed E-state index contributed by atoms with van der Waals surface area (Å²) in [7, 11) is 0. The van der Waals surface area contributed by atoms with Crippen molar-refractivity contribution in [2.75, 3.05) is 0 Å². The first kappa shape index (κ1) is 14.3. The molecular formula is C18H20O2. The first-order valence-corrected chi connectivity index (χ1v) is 7.11. The first-order valence-electron chi connectivity index (χ1n) is 7.11. The molecule has 2 nitrogen and oxygen atoms in total. The molecule has 2 aromatic rings. The monoisotopic (exact) mass is 268 g/mol. The quantitative estimate of drug-likeness (QED) is 0.674. The van der Waals surface area contributed by atoms with E-state index in [0.717, 1.165) is 36.9 Å². The molecule has 0 aliphatic heterocycles. The third-order valence-corrected chi connectivity index (χ3v) is 3.31. The van der Waals surface area contributed by atoms with Gasteiger partial charge in [-0.1, -0.05) is 55.8 Å². The minimum Gasteiger partial charge on any atom is -0.486 e. The maximum absolute atomic E-state index is 11.2. The molecule has 0 aliphatic rings. The van der Waals surface area contributed by atoms with Crippen LogP contribution in [0.4, 0.5) is 0 Å². The summed E-state index contributed by atoms with van der Waals surface area (Å²) in [6.07, 6.45) is 3.93. The Morgan fingerprint density at radius 3 is 2.45 bits per heavy atom. The fourth-order valence-corrected chi connectivity index (χ4v) is 2.24. The Kier molecular flexibility index (Phi) is 5.36. The minimum atomic E-state index is -0.0706. The molecule has 0 N–H and O–H groups in total. The van der Waals surface area contributed by atoms with E-state index in [0.29, 0.717) is 5.56 Å². The van der Waals surface area contributed by atoms with Crippen LogP contribution in [0.25, 0.3) is 0 Å². The van der Waals surface area contributed by atoms with E-state index in [9.17, 15) is 4.79 Å². The van der Waals surface area contributed by atoms with Crippen molar-refractivity contribution in [3.8, 4) is 5.75 Å². The van der Waals surface area contributed by atoms with Crippen molar-refractivity contribution >= 4 is 6.29 Å². The van der Waals surface area contributed by atoms with Gasteiger partial charge in [0.05, 0.1) is 0 Å². The molecule has 0 spiro atoms. The zero-order chi connectivity index (χ0) is 14.2. The summed E-state index contributed by atoms with van der Waals surface area (Å²) >= 11 is 0. The van der Waals surface area contributed by atoms with Crippen LogP contribution in [0.15, 0.2) is 54.6 Å². The van der Waals surface area contributed by atoms with Crippen LogP contribution < -0.4 is 4.74 Å². The molecule has 0 saturated carbocycles. The van der Waals surface area contributed by atoms with Gasteiger partial charge in [-0.15, -0.1) is 0 Å². The summed E-state index contributed by atoms with van der Waals surface area (Å²) in [5.41, 5.74) is 1.68. The molecule has 104 valence electrons. The predicted molar refractivity (Wildman–Crippen MR) is 81.2 cm³/mol. The first-order chi connectivity index (χ1) is 9.85. The third-order valence-electron chi connectivity index (χ3n) is 3.31. The lowest BCUT2D eigenvalue weighted by atomic mass is 9.99. The summed E-state index contributed by atoms with van der Waals surface area (Å²) in [5, 5.41) is 0. The van der Waals surface area contributed by atoms with Gasteiger partial charge in [-0.05, 0) is 25.0 Å². The lowest BCUT2D eigenvalue weighted by molar-refractivity contribution is 0.111. The maximum Gasteiger partial charge on any atom is 0.150 e. The Morgan fingerprint density at radius 1 is 1.05 bits per heavy atom. The Bertz CT molecular complexity index is 534. The molecule has 0 aromatic heterocycles. The number of para-hydroxylation sites is 1. The van der Waals surface area contributed by atoms with E-state index in [2.05, 4.69) is 6.92 Å². The van der Waals surface area contributed by atoms with Crippen molar-refractivity contribution in [3.05, 3.63) is 65.7 Å². The van der Waals surface area contributed by atoms with Crippen LogP contribution >= 0.6 is 0 Å². The van der Waals surface area contributed by atoms with Crippen LogP contribution in [0, 0.1) is 0 Å². The van der Waals surface area contributed by atoms with E-state index >= 15 is 0 Å². The minimum absolute atomic E-state index is 0.0706. The van der Waals surface area contributed by atoms with E-state index in [4.69, 9.17) is 4.74 Å². The van der Waals surface area contributed by atoms with Gasteiger partial charge in [-0.25, -0.2) is 0 Å². The Balaban J connectivity index is 2.24. The highest BCUT2D eigenvalue weighted by molar-refractivity contribution is 5.77. The van der Waals surface area contributed by atoms with Gasteiger partial charge < -0.3 is 4.74 Å². The topological polar surface area (TPSA) is 26.3 Å². The second-order valence-electron chi connectivity index (χ2n) is 4.81. The number of carbonyl (C=O) groups excluding carboxylic acids is 1. The molecule has 0 fully saturated rings. The van der Waals surface area contributed by atoms with E-state index in [1.807, 2.05) is 54.6 Å². The molecule has 0 aliphatic carbocycles. The van der Waals surface area contributed by atoms with Gasteiger partial charge in [0.2, 0.25) is 0 Å². The van der Waals surface area contributed by atoms with Crippen LogP contribution in [-0.4, -0.2) is 6.29 Å². The molecule has 2 aromatic carbocycles. The van der Waals surface area contributed by atoms with E-state index in [1.54, 1.807) is 0 Å². The van der Waals surface area contributed by atoms with Gasteiger partial charge >= 0.3 is 0 Å². The number of rotatable bonds is 7. The van der Waals surface area contributed by atoms with Gasteiger partial charge in [0.15, 0.2) is 0 Å². The Hall–Kier alpha value is -2.09. The highest BCUT2D eigenvalue weighted by Gasteiger charge is 2.16. The van der Waals surface area contributed by atoms with Gasteiger partial charge in [-0.3, -0.25) is 4.79 Å². The fraction of sp³-hybridized carbons (Fsp3) is 0.278. The number of carbonyl (C=O) groups is 1. The maximum atomic E-state index is 11.2. The summed E-state index contributed by atoms with van der Waals surface area (Å²) in [4.78, 5) is 11.2. The second-order valence-corrected chi connectivity index (χ2v) is 4.81. The largest absolute Gasteiger partial charge is 0.486 e. The van der Waals surface area contributed by atoms with Gasteiger partial charge in [0, 0.05) is 11.1 Å². The van der Waals surface area contributed by atoms with E-state index in [-0.39, 0.29) is 6.10 Å². The van der Waals surface area contributed by atoms with E-state index in [1.165, 1.54) is 0 Å². The van der Waals surface area contributed by atoms with Gasteiger partial charge in [0.1, 0.15) is 18.1 Å². The average Bonchev–Trinajstić information content (AvgIpc) is 2.52. The SMILES string of the molecule is CCCCC(Oc1ccccc1)c1ccccc1C=O. The molecule has 1 atom stereocenters. The van der Waals surface area contributed by atoms with Crippen LogP contribution in [0.2, 0.25) is 0 Å². The number of hydrogen-bond acceptors (Lipinski definition) is 2. The molecule has 2 rings (SSSR count). The van der Waals surface area contributed by atoms with Crippen LogP contribution in [0.3, 0.4) is 0 Å². The fourth-order valence-electron chi connectivity index (χ4n) is 2.24. The van der Waals surface area contributed by atoms with Crippen LogP contribution in [0.1, 0.15) is 48.2 Å². The van der Waals surface area contributed by atoms with Crippen LogP contribution in [0.5, 0.6) is 5.75 Å². The zero-order valence-corrected chi connectivity index (χ0v) is 11.8. The third kappa shape index (κ3) is 3.70. The number of aldehydes is 1. The molecular weight excluding hydrogens is 248 g/mol. The standard InChI is InChI=1S/C18H20O2/c1-2-3-13-18(20-16-10-5-4-6-11-16)17-12-8-7-9-15(17)14-19/h4-12,14,18H,2-3,13H2,1H3. The second kappa shape index (κ2) is 7.49. The molecule has 1 unspecified atom stereocenters. The molecule has 0 heterocycles. The highest BCUT2D eigenvalue weighted by Crippen LogP contribution is 2.28. The lowest BCUT2D eigenvalue weighted by Crippen LogP contribution is -2.10.